The molecule has 0 aliphatic heterocycles. The maximum absolute atomic E-state index is 13.8. The smallest absolute Gasteiger partial charge is 0.328 e. The highest BCUT2D eigenvalue weighted by Gasteiger charge is 2.27. The number of halogens is 3. The van der Waals surface area contributed by atoms with Gasteiger partial charge in [-0.25, -0.2) is 18.0 Å². The zero-order chi connectivity index (χ0) is 19.4. The normalized spacial score (nSPS) is 11.8. The van der Waals surface area contributed by atoms with E-state index in [1.54, 1.807) is 0 Å². The van der Waals surface area contributed by atoms with Crippen LogP contribution in [0.25, 0.3) is 0 Å². The molecule has 0 saturated carbocycles. The zero-order valence-electron chi connectivity index (χ0n) is 14.5. The highest BCUT2D eigenvalue weighted by atomic mass is 19.1. The molecule has 1 amide bonds. The van der Waals surface area contributed by atoms with Gasteiger partial charge in [0.1, 0.15) is 29.1 Å². The summed E-state index contributed by atoms with van der Waals surface area (Å²) >= 11 is 0. The number of carbonyl (C=O) groups is 2. The predicted octanol–water partition coefficient (Wildman–Crippen LogP) is 3.23. The molecular weight excluding hydrogens is 347 g/mol. The molecule has 0 saturated heterocycles. The van der Waals surface area contributed by atoms with E-state index in [1.165, 1.54) is 0 Å². The van der Waals surface area contributed by atoms with Crippen molar-refractivity contribution in [2.24, 2.45) is 0 Å². The van der Waals surface area contributed by atoms with Gasteiger partial charge in [0.25, 0.3) is 5.91 Å². The lowest BCUT2D eigenvalue weighted by atomic mass is 9.96. The molecule has 0 aliphatic carbocycles. The summed E-state index contributed by atoms with van der Waals surface area (Å²) in [6, 6.07) is 5.18. The second kappa shape index (κ2) is 8.03. The van der Waals surface area contributed by atoms with E-state index in [2.05, 4.69) is 10.1 Å². The number of benzene rings is 2. The molecule has 0 bridgehead atoms. The van der Waals surface area contributed by atoms with Crippen molar-refractivity contribution in [3.05, 3.63) is 70.0 Å². The predicted molar refractivity (Wildman–Crippen MR) is 89.2 cm³/mol. The van der Waals surface area contributed by atoms with Gasteiger partial charge >= 0.3 is 5.97 Å². The van der Waals surface area contributed by atoms with Gasteiger partial charge in [0.15, 0.2) is 0 Å². The molecule has 7 heteroatoms. The first-order valence-electron chi connectivity index (χ1n) is 7.83. The highest BCUT2D eigenvalue weighted by molar-refractivity contribution is 5.97. The third kappa shape index (κ3) is 4.22. The van der Waals surface area contributed by atoms with Gasteiger partial charge in [-0.3, -0.25) is 4.79 Å². The van der Waals surface area contributed by atoms with Crippen LogP contribution >= 0.6 is 0 Å². The summed E-state index contributed by atoms with van der Waals surface area (Å²) in [5, 5.41) is 2.27. The van der Waals surface area contributed by atoms with Crippen molar-refractivity contribution in [2.45, 2.75) is 26.3 Å². The first kappa shape index (κ1) is 19.5. The molecular formula is C19H18F3NO3. The van der Waals surface area contributed by atoms with Crippen LogP contribution in [-0.4, -0.2) is 25.0 Å². The van der Waals surface area contributed by atoms with Crippen LogP contribution in [0.1, 0.15) is 27.0 Å². The van der Waals surface area contributed by atoms with E-state index in [1.807, 2.05) is 32.0 Å². The number of nitrogens with one attached hydrogen (secondary N) is 1. The summed E-state index contributed by atoms with van der Waals surface area (Å²) in [5.41, 5.74) is 1.64. The maximum Gasteiger partial charge on any atom is 0.328 e. The number of ether oxygens (including phenoxy) is 1. The van der Waals surface area contributed by atoms with Crippen LogP contribution in [0.2, 0.25) is 0 Å². The van der Waals surface area contributed by atoms with E-state index in [0.29, 0.717) is 12.1 Å². The Hall–Kier alpha value is -2.83. The third-order valence-electron chi connectivity index (χ3n) is 4.08. The largest absolute Gasteiger partial charge is 0.467 e. The minimum Gasteiger partial charge on any atom is -0.467 e. The van der Waals surface area contributed by atoms with Crippen molar-refractivity contribution in [1.29, 1.82) is 0 Å². The fraction of sp³-hybridized carbons (Fsp3) is 0.263. The Morgan fingerprint density at radius 3 is 2.12 bits per heavy atom. The molecule has 2 aromatic rings. The third-order valence-corrected chi connectivity index (χ3v) is 4.08. The summed E-state index contributed by atoms with van der Waals surface area (Å²) in [7, 11) is 1.14. The van der Waals surface area contributed by atoms with E-state index in [9.17, 15) is 22.8 Å². The first-order valence-corrected chi connectivity index (χ1v) is 7.83. The number of hydrogen-bond donors (Lipinski definition) is 1. The molecule has 0 aliphatic rings. The number of aryl methyl sites for hydroxylation is 2. The van der Waals surface area contributed by atoms with Crippen LogP contribution in [0.4, 0.5) is 13.2 Å². The van der Waals surface area contributed by atoms with Gasteiger partial charge in [-0.15, -0.1) is 0 Å². The minimum absolute atomic E-state index is 0.0847. The lowest BCUT2D eigenvalue weighted by molar-refractivity contribution is -0.142. The number of esters is 1. The fourth-order valence-corrected chi connectivity index (χ4v) is 2.70. The molecule has 0 fully saturated rings. The maximum atomic E-state index is 13.8. The minimum atomic E-state index is -1.35. The quantitative estimate of drug-likeness (QED) is 0.828. The van der Waals surface area contributed by atoms with E-state index in [4.69, 9.17) is 0 Å². The summed E-state index contributed by atoms with van der Waals surface area (Å²) in [5.74, 6) is -5.77. The van der Waals surface area contributed by atoms with E-state index >= 15 is 0 Å². The highest BCUT2D eigenvalue weighted by Crippen LogP contribution is 2.18. The van der Waals surface area contributed by atoms with Gasteiger partial charge in [0.2, 0.25) is 0 Å². The van der Waals surface area contributed by atoms with Crippen molar-refractivity contribution in [3.63, 3.8) is 0 Å². The van der Waals surface area contributed by atoms with Crippen molar-refractivity contribution in [3.8, 4) is 0 Å². The first-order chi connectivity index (χ1) is 12.2. The van der Waals surface area contributed by atoms with Crippen molar-refractivity contribution >= 4 is 11.9 Å². The van der Waals surface area contributed by atoms with Crippen LogP contribution in [0.15, 0.2) is 30.3 Å². The summed E-state index contributed by atoms with van der Waals surface area (Å²) in [6.45, 7) is 3.69. The second-order valence-electron chi connectivity index (χ2n) is 5.87. The molecule has 0 radical (unpaired) electrons. The standard InChI is InChI=1S/C19H18F3NO3/c1-10-5-4-6-11(2)13(10)9-16(19(25)26-3)23-18(24)17-14(21)7-12(20)8-15(17)22/h4-8,16H,9H2,1-3H3,(H,23,24)/t16-/m0/s1. The van der Waals surface area contributed by atoms with Crippen molar-refractivity contribution < 1.29 is 27.5 Å². The molecule has 0 heterocycles. The van der Waals surface area contributed by atoms with Gasteiger partial charge < -0.3 is 10.1 Å². The van der Waals surface area contributed by atoms with Gasteiger partial charge in [-0.2, -0.15) is 0 Å². The molecule has 0 unspecified atom stereocenters. The Morgan fingerprint density at radius 1 is 1.08 bits per heavy atom. The monoisotopic (exact) mass is 365 g/mol. The molecule has 0 spiro atoms. The number of carbonyl (C=O) groups excluding carboxylic acids is 2. The Labute approximate surface area is 149 Å². The molecule has 4 nitrogen and oxygen atoms in total. The number of rotatable bonds is 5. The topological polar surface area (TPSA) is 55.4 Å². The lowest BCUT2D eigenvalue weighted by Crippen LogP contribution is -2.43. The van der Waals surface area contributed by atoms with Crippen molar-refractivity contribution in [2.75, 3.05) is 7.11 Å². The molecule has 1 atom stereocenters. The summed E-state index contributed by atoms with van der Waals surface area (Å²) < 4.78 is 45.3. The molecule has 138 valence electrons. The molecule has 2 rings (SSSR count). The number of methoxy groups -OCH3 is 1. The zero-order valence-corrected chi connectivity index (χ0v) is 14.5. The number of hydrogen-bond acceptors (Lipinski definition) is 3. The van der Waals surface area contributed by atoms with Crippen LogP contribution in [0.3, 0.4) is 0 Å². The van der Waals surface area contributed by atoms with Crippen LogP contribution in [0, 0.1) is 31.3 Å². The van der Waals surface area contributed by atoms with Crippen molar-refractivity contribution in [1.82, 2.24) is 5.32 Å². The molecule has 2 aromatic carbocycles. The van der Waals surface area contributed by atoms with E-state index in [-0.39, 0.29) is 6.42 Å². The Kier molecular flexibility index (Phi) is 6.02. The summed E-state index contributed by atoms with van der Waals surface area (Å²) in [6.07, 6.45) is 0.0847. The Bertz CT molecular complexity index is 809. The van der Waals surface area contributed by atoms with Gasteiger partial charge in [-0.05, 0) is 30.5 Å². The van der Waals surface area contributed by atoms with Gasteiger partial charge in [0, 0.05) is 18.6 Å². The van der Waals surface area contributed by atoms with Crippen LogP contribution in [-0.2, 0) is 16.0 Å². The average molecular weight is 365 g/mol. The molecule has 26 heavy (non-hydrogen) atoms. The van der Waals surface area contributed by atoms with Crippen LogP contribution in [0.5, 0.6) is 0 Å². The SMILES string of the molecule is COC(=O)[C@H](Cc1c(C)cccc1C)NC(=O)c1c(F)cc(F)cc1F. The van der Waals surface area contributed by atoms with E-state index in [0.717, 1.165) is 23.8 Å². The number of amides is 1. The average Bonchev–Trinajstić information content (AvgIpc) is 2.55. The Balaban J connectivity index is 2.32. The Morgan fingerprint density at radius 2 is 1.62 bits per heavy atom. The van der Waals surface area contributed by atoms with Gasteiger partial charge in [0.05, 0.1) is 7.11 Å². The molecule has 0 aromatic heterocycles. The fourth-order valence-electron chi connectivity index (χ4n) is 2.70. The summed E-state index contributed by atoms with van der Waals surface area (Å²) in [4.78, 5) is 24.3. The van der Waals surface area contributed by atoms with Crippen LogP contribution < -0.4 is 5.32 Å². The second-order valence-corrected chi connectivity index (χ2v) is 5.87. The lowest BCUT2D eigenvalue weighted by Gasteiger charge is -2.19. The van der Waals surface area contributed by atoms with E-state index < -0.39 is 40.9 Å². The molecule has 1 N–H and O–H groups in total. The van der Waals surface area contributed by atoms with Gasteiger partial charge in [-0.1, -0.05) is 18.2 Å².